The second-order valence-corrected chi connectivity index (χ2v) is 6.72. The summed E-state index contributed by atoms with van der Waals surface area (Å²) in [5.41, 5.74) is 0. The van der Waals surface area contributed by atoms with Gasteiger partial charge in [0.25, 0.3) is 0 Å². The summed E-state index contributed by atoms with van der Waals surface area (Å²) in [6.07, 6.45) is 29.4. The van der Waals surface area contributed by atoms with Crippen LogP contribution >= 0.6 is 0 Å². The SMILES string of the molecule is CCCCC/C=C\C/C=C\C/C=C\C/C=C\CCCC(=O)OCc1ccco1. The van der Waals surface area contributed by atoms with E-state index in [1.165, 1.54) is 25.7 Å². The van der Waals surface area contributed by atoms with Crippen molar-refractivity contribution in [2.45, 2.75) is 77.7 Å². The smallest absolute Gasteiger partial charge is 0.306 e. The molecule has 28 heavy (non-hydrogen) atoms. The molecule has 154 valence electrons. The van der Waals surface area contributed by atoms with Gasteiger partial charge < -0.3 is 9.15 Å². The second kappa shape index (κ2) is 18.1. The summed E-state index contributed by atoms with van der Waals surface area (Å²) in [7, 11) is 0. The van der Waals surface area contributed by atoms with Crippen LogP contribution in [-0.2, 0) is 16.1 Å². The molecule has 0 amide bonds. The first-order valence-electron chi connectivity index (χ1n) is 10.6. The number of allylic oxidation sites excluding steroid dienone is 8. The Labute approximate surface area is 170 Å². The first-order chi connectivity index (χ1) is 13.8. The minimum absolute atomic E-state index is 0.174. The third-order valence-corrected chi connectivity index (χ3v) is 4.16. The predicted octanol–water partition coefficient (Wildman–Crippen LogP) is 7.47. The van der Waals surface area contributed by atoms with E-state index in [1.807, 2.05) is 0 Å². The maximum Gasteiger partial charge on any atom is 0.306 e. The molecule has 1 aromatic rings. The van der Waals surface area contributed by atoms with Crippen LogP contribution in [0.3, 0.4) is 0 Å². The highest BCUT2D eigenvalue weighted by molar-refractivity contribution is 5.69. The van der Waals surface area contributed by atoms with Gasteiger partial charge >= 0.3 is 5.97 Å². The van der Waals surface area contributed by atoms with Crippen LogP contribution in [0, 0.1) is 0 Å². The number of hydrogen-bond acceptors (Lipinski definition) is 3. The highest BCUT2D eigenvalue weighted by Crippen LogP contribution is 2.05. The number of furan rings is 1. The Balaban J connectivity index is 1.91. The van der Waals surface area contributed by atoms with E-state index >= 15 is 0 Å². The number of unbranched alkanes of at least 4 members (excludes halogenated alkanes) is 4. The minimum atomic E-state index is -0.174. The van der Waals surface area contributed by atoms with Gasteiger partial charge in [-0.2, -0.15) is 0 Å². The summed E-state index contributed by atoms with van der Waals surface area (Å²) >= 11 is 0. The minimum Gasteiger partial charge on any atom is -0.466 e. The van der Waals surface area contributed by atoms with E-state index in [2.05, 4.69) is 55.5 Å². The monoisotopic (exact) mass is 384 g/mol. The zero-order valence-electron chi connectivity index (χ0n) is 17.4. The maximum absolute atomic E-state index is 11.6. The number of ether oxygens (including phenoxy) is 1. The maximum atomic E-state index is 11.6. The summed E-state index contributed by atoms with van der Waals surface area (Å²) in [6, 6.07) is 3.58. The van der Waals surface area contributed by atoms with Crippen LogP contribution in [0.2, 0.25) is 0 Å². The van der Waals surface area contributed by atoms with E-state index in [9.17, 15) is 4.79 Å². The first kappa shape index (κ1) is 23.7. The topological polar surface area (TPSA) is 39.4 Å². The summed E-state index contributed by atoms with van der Waals surface area (Å²) in [4.78, 5) is 11.6. The predicted molar refractivity (Wildman–Crippen MR) is 117 cm³/mol. The average molecular weight is 385 g/mol. The van der Waals surface area contributed by atoms with Gasteiger partial charge in [-0.05, 0) is 57.1 Å². The quantitative estimate of drug-likeness (QED) is 0.169. The fourth-order valence-corrected chi connectivity index (χ4v) is 2.54. The van der Waals surface area contributed by atoms with Crippen LogP contribution in [0.4, 0.5) is 0 Å². The molecule has 0 spiro atoms. The fraction of sp³-hybridized carbons (Fsp3) is 0.480. The lowest BCUT2D eigenvalue weighted by Gasteiger charge is -2.01. The van der Waals surface area contributed by atoms with E-state index in [0.717, 1.165) is 32.1 Å². The third kappa shape index (κ3) is 14.8. The number of carbonyl (C=O) groups is 1. The Hall–Kier alpha value is -2.29. The van der Waals surface area contributed by atoms with Crippen molar-refractivity contribution in [2.24, 2.45) is 0 Å². The molecule has 1 aromatic heterocycles. The Bertz CT molecular complexity index is 591. The molecule has 0 radical (unpaired) electrons. The van der Waals surface area contributed by atoms with Gasteiger partial charge in [0.15, 0.2) is 0 Å². The Kier molecular flexibility index (Phi) is 15.3. The van der Waals surface area contributed by atoms with Gasteiger partial charge in [0.05, 0.1) is 6.26 Å². The Morgan fingerprint density at radius 3 is 2.07 bits per heavy atom. The van der Waals surface area contributed by atoms with E-state index < -0.39 is 0 Å². The molecule has 0 saturated carbocycles. The largest absolute Gasteiger partial charge is 0.466 e. The van der Waals surface area contributed by atoms with Gasteiger partial charge in [0, 0.05) is 6.42 Å². The molecular formula is C25H36O3. The van der Waals surface area contributed by atoms with Crippen molar-refractivity contribution in [1.82, 2.24) is 0 Å². The van der Waals surface area contributed by atoms with Gasteiger partial charge in [-0.3, -0.25) is 4.79 Å². The first-order valence-corrected chi connectivity index (χ1v) is 10.6. The molecule has 0 atom stereocenters. The van der Waals surface area contributed by atoms with Crippen molar-refractivity contribution >= 4 is 5.97 Å². The molecular weight excluding hydrogens is 348 g/mol. The van der Waals surface area contributed by atoms with Crippen LogP contribution < -0.4 is 0 Å². The third-order valence-electron chi connectivity index (χ3n) is 4.16. The molecule has 3 nitrogen and oxygen atoms in total. The summed E-state index contributed by atoms with van der Waals surface area (Å²) < 4.78 is 10.3. The van der Waals surface area contributed by atoms with Gasteiger partial charge in [0.2, 0.25) is 0 Å². The molecule has 0 unspecified atom stereocenters. The highest BCUT2D eigenvalue weighted by Gasteiger charge is 2.03. The van der Waals surface area contributed by atoms with Crippen LogP contribution in [0.1, 0.15) is 76.9 Å². The molecule has 0 fully saturated rings. The van der Waals surface area contributed by atoms with Crippen LogP contribution in [0.5, 0.6) is 0 Å². The number of rotatable bonds is 16. The van der Waals surface area contributed by atoms with Crippen molar-refractivity contribution in [1.29, 1.82) is 0 Å². The lowest BCUT2D eigenvalue weighted by Crippen LogP contribution is -2.03. The summed E-state index contributed by atoms with van der Waals surface area (Å²) in [6.45, 7) is 2.45. The number of hydrogen-bond donors (Lipinski definition) is 0. The number of carbonyl (C=O) groups excluding carboxylic acids is 1. The van der Waals surface area contributed by atoms with Gasteiger partial charge in [-0.15, -0.1) is 0 Å². The molecule has 0 aromatic carbocycles. The number of esters is 1. The van der Waals surface area contributed by atoms with E-state index in [0.29, 0.717) is 12.2 Å². The van der Waals surface area contributed by atoms with Crippen LogP contribution in [0.25, 0.3) is 0 Å². The lowest BCUT2D eigenvalue weighted by atomic mass is 10.2. The fourth-order valence-electron chi connectivity index (χ4n) is 2.54. The lowest BCUT2D eigenvalue weighted by molar-refractivity contribution is -0.145. The average Bonchev–Trinajstić information content (AvgIpc) is 3.22. The van der Waals surface area contributed by atoms with E-state index in [-0.39, 0.29) is 12.6 Å². The molecule has 3 heteroatoms. The van der Waals surface area contributed by atoms with Crippen molar-refractivity contribution < 1.29 is 13.9 Å². The molecule has 1 heterocycles. The zero-order chi connectivity index (χ0) is 20.1. The van der Waals surface area contributed by atoms with Gasteiger partial charge in [-0.25, -0.2) is 0 Å². The Morgan fingerprint density at radius 1 is 0.893 bits per heavy atom. The molecule has 0 N–H and O–H groups in total. The normalized spacial score (nSPS) is 12.2. The summed E-state index contributed by atoms with van der Waals surface area (Å²) in [5.74, 6) is 0.501. The van der Waals surface area contributed by atoms with Crippen LogP contribution in [-0.4, -0.2) is 5.97 Å². The molecule has 0 aliphatic rings. The molecule has 1 rings (SSSR count). The zero-order valence-corrected chi connectivity index (χ0v) is 17.4. The van der Waals surface area contributed by atoms with Crippen LogP contribution in [0.15, 0.2) is 71.4 Å². The van der Waals surface area contributed by atoms with E-state index in [1.54, 1.807) is 18.4 Å². The molecule has 0 aliphatic carbocycles. The highest BCUT2D eigenvalue weighted by atomic mass is 16.5. The van der Waals surface area contributed by atoms with E-state index in [4.69, 9.17) is 9.15 Å². The van der Waals surface area contributed by atoms with Crippen molar-refractivity contribution in [3.8, 4) is 0 Å². The van der Waals surface area contributed by atoms with Gasteiger partial charge in [-0.1, -0.05) is 68.4 Å². The molecule has 0 saturated heterocycles. The Morgan fingerprint density at radius 2 is 1.50 bits per heavy atom. The summed E-state index contributed by atoms with van der Waals surface area (Å²) in [5, 5.41) is 0. The van der Waals surface area contributed by atoms with Crippen molar-refractivity contribution in [3.63, 3.8) is 0 Å². The molecule has 0 aliphatic heterocycles. The standard InChI is InChI=1S/C25H36O3/c1-2-3-4-5-6-7-8-9-10-11-12-13-14-15-16-17-18-21-25(26)28-23-24-20-19-22-27-24/h6-7,9-10,12-13,15-16,19-20,22H,2-5,8,11,14,17-18,21,23H2,1H3/b7-6-,10-9-,13-12-,16-15-. The van der Waals surface area contributed by atoms with Crippen molar-refractivity contribution in [3.05, 3.63) is 72.8 Å². The molecule has 0 bridgehead atoms. The second-order valence-electron chi connectivity index (χ2n) is 6.72. The van der Waals surface area contributed by atoms with Crippen molar-refractivity contribution in [2.75, 3.05) is 0 Å². The van der Waals surface area contributed by atoms with Gasteiger partial charge in [0.1, 0.15) is 12.4 Å².